The summed E-state index contributed by atoms with van der Waals surface area (Å²) in [4.78, 5) is 23.2. The smallest absolute Gasteiger partial charge is 0.253 e. The number of rotatable bonds is 5. The van der Waals surface area contributed by atoms with Crippen LogP contribution in [0.3, 0.4) is 0 Å². The van der Waals surface area contributed by atoms with Gasteiger partial charge >= 0.3 is 0 Å². The Balaban J connectivity index is 2.22. The quantitative estimate of drug-likeness (QED) is 0.456. The zero-order valence-corrected chi connectivity index (χ0v) is 7.66. The third-order valence-electron chi connectivity index (χ3n) is 1.71. The van der Waals surface area contributed by atoms with Gasteiger partial charge in [0.15, 0.2) is 0 Å². The van der Waals surface area contributed by atoms with E-state index in [2.05, 4.69) is 0 Å². The number of hydrogen-bond acceptors (Lipinski definition) is 3. The van der Waals surface area contributed by atoms with Gasteiger partial charge in [-0.1, -0.05) is 6.92 Å². The molecule has 0 aromatic heterocycles. The molecule has 0 spiro atoms. The molecular weight excluding hydrogens is 170 g/mol. The zero-order chi connectivity index (χ0) is 9.68. The largest absolute Gasteiger partial charge is 0.380 e. The minimum absolute atomic E-state index is 0.245. The molecule has 72 valence electrons. The Morgan fingerprint density at radius 2 is 1.85 bits per heavy atom. The first kappa shape index (κ1) is 9.92. The highest BCUT2D eigenvalue weighted by molar-refractivity contribution is 6.12. The number of ether oxygens (including phenoxy) is 1. The predicted molar refractivity (Wildman–Crippen MR) is 47.0 cm³/mol. The summed E-state index contributed by atoms with van der Waals surface area (Å²) in [6.45, 7) is 3.45. The maximum absolute atomic E-state index is 11.0. The summed E-state index contributed by atoms with van der Waals surface area (Å²) in [6, 6.07) is 0. The molecule has 0 atom stereocenters. The first-order valence-electron chi connectivity index (χ1n) is 4.37. The topological polar surface area (TPSA) is 46.6 Å². The highest BCUT2D eigenvalue weighted by Crippen LogP contribution is 2.02. The van der Waals surface area contributed by atoms with Crippen molar-refractivity contribution in [2.45, 2.75) is 13.3 Å². The normalized spacial score (nSPS) is 15.9. The summed E-state index contributed by atoms with van der Waals surface area (Å²) in [5.74, 6) is -0.491. The minimum atomic E-state index is -0.245. The van der Waals surface area contributed by atoms with Crippen molar-refractivity contribution in [3.8, 4) is 0 Å². The van der Waals surface area contributed by atoms with E-state index in [9.17, 15) is 9.59 Å². The van der Waals surface area contributed by atoms with Gasteiger partial charge in [-0.25, -0.2) is 0 Å². The molecule has 0 saturated heterocycles. The molecule has 0 radical (unpaired) electrons. The highest BCUT2D eigenvalue weighted by Gasteiger charge is 2.22. The van der Waals surface area contributed by atoms with Crippen LogP contribution in [0.4, 0.5) is 0 Å². The van der Waals surface area contributed by atoms with Crippen LogP contribution in [0.5, 0.6) is 0 Å². The van der Waals surface area contributed by atoms with Gasteiger partial charge in [0.05, 0.1) is 13.2 Å². The lowest BCUT2D eigenvalue weighted by molar-refractivity contribution is -0.137. The van der Waals surface area contributed by atoms with Gasteiger partial charge in [-0.05, 0) is 6.42 Å². The molecule has 0 saturated carbocycles. The molecule has 4 nitrogen and oxygen atoms in total. The van der Waals surface area contributed by atoms with Crippen LogP contribution in [-0.2, 0) is 14.3 Å². The fourth-order valence-corrected chi connectivity index (χ4v) is 1.05. The number of hydrogen-bond donors (Lipinski definition) is 0. The number of amides is 2. The van der Waals surface area contributed by atoms with Crippen LogP contribution >= 0.6 is 0 Å². The minimum Gasteiger partial charge on any atom is -0.380 e. The second-order valence-electron chi connectivity index (χ2n) is 2.77. The summed E-state index contributed by atoms with van der Waals surface area (Å²) < 4.78 is 5.17. The number of carbonyl (C=O) groups is 2. The molecule has 1 aliphatic heterocycles. The molecule has 4 heteroatoms. The van der Waals surface area contributed by atoms with Gasteiger partial charge in [-0.2, -0.15) is 0 Å². The lowest BCUT2D eigenvalue weighted by Crippen LogP contribution is -2.33. The summed E-state index contributed by atoms with van der Waals surface area (Å²) in [7, 11) is 0. The molecule has 0 aliphatic carbocycles. The molecule has 0 unspecified atom stereocenters. The zero-order valence-electron chi connectivity index (χ0n) is 7.66. The van der Waals surface area contributed by atoms with Crippen molar-refractivity contribution in [2.75, 3.05) is 19.8 Å². The van der Waals surface area contributed by atoms with Gasteiger partial charge in [0.2, 0.25) is 0 Å². The van der Waals surface area contributed by atoms with Crippen molar-refractivity contribution in [3.05, 3.63) is 12.2 Å². The monoisotopic (exact) mass is 183 g/mol. The van der Waals surface area contributed by atoms with Crippen molar-refractivity contribution in [1.82, 2.24) is 4.90 Å². The molecule has 0 aromatic rings. The van der Waals surface area contributed by atoms with Crippen molar-refractivity contribution in [2.24, 2.45) is 0 Å². The molecule has 0 N–H and O–H groups in total. The molecule has 1 aliphatic rings. The van der Waals surface area contributed by atoms with E-state index in [1.807, 2.05) is 6.92 Å². The van der Waals surface area contributed by atoms with Crippen LogP contribution in [0.1, 0.15) is 13.3 Å². The van der Waals surface area contributed by atoms with Crippen LogP contribution in [0.25, 0.3) is 0 Å². The van der Waals surface area contributed by atoms with Crippen molar-refractivity contribution < 1.29 is 14.3 Å². The van der Waals surface area contributed by atoms with E-state index in [0.717, 1.165) is 6.42 Å². The number of nitrogens with zero attached hydrogens (tertiary/aromatic N) is 1. The number of carbonyl (C=O) groups excluding carboxylic acids is 2. The molecule has 1 heterocycles. The first-order chi connectivity index (χ1) is 6.25. The van der Waals surface area contributed by atoms with Crippen LogP contribution < -0.4 is 0 Å². The Labute approximate surface area is 77.2 Å². The summed E-state index contributed by atoms with van der Waals surface area (Å²) in [6.07, 6.45) is 3.50. The summed E-state index contributed by atoms with van der Waals surface area (Å²) >= 11 is 0. The van der Waals surface area contributed by atoms with Crippen LogP contribution in [-0.4, -0.2) is 36.5 Å². The van der Waals surface area contributed by atoms with Gasteiger partial charge < -0.3 is 4.74 Å². The molecule has 0 aromatic carbocycles. The Hall–Kier alpha value is -1.16. The first-order valence-corrected chi connectivity index (χ1v) is 4.37. The fourth-order valence-electron chi connectivity index (χ4n) is 1.05. The van der Waals surface area contributed by atoms with E-state index in [4.69, 9.17) is 4.74 Å². The Morgan fingerprint density at radius 3 is 2.38 bits per heavy atom. The van der Waals surface area contributed by atoms with Gasteiger partial charge in [-0.3, -0.25) is 14.5 Å². The second kappa shape index (κ2) is 4.77. The Morgan fingerprint density at radius 1 is 1.23 bits per heavy atom. The third-order valence-corrected chi connectivity index (χ3v) is 1.71. The Bertz CT molecular complexity index is 217. The molecule has 1 rings (SSSR count). The van der Waals surface area contributed by atoms with E-state index in [-0.39, 0.29) is 11.8 Å². The van der Waals surface area contributed by atoms with E-state index in [0.29, 0.717) is 19.8 Å². The average molecular weight is 183 g/mol. The standard InChI is InChI=1S/C9H13NO3/c1-2-6-13-7-5-10-8(11)3-4-9(10)12/h3-4H,2,5-7H2,1H3. The van der Waals surface area contributed by atoms with Crippen LogP contribution in [0.2, 0.25) is 0 Å². The second-order valence-corrected chi connectivity index (χ2v) is 2.77. The van der Waals surface area contributed by atoms with Crippen LogP contribution in [0, 0.1) is 0 Å². The van der Waals surface area contributed by atoms with Crippen molar-refractivity contribution in [3.63, 3.8) is 0 Å². The molecule has 13 heavy (non-hydrogen) atoms. The summed E-state index contributed by atoms with van der Waals surface area (Å²) in [5, 5.41) is 0. The molecular formula is C9H13NO3. The fraction of sp³-hybridized carbons (Fsp3) is 0.556. The van der Waals surface area contributed by atoms with Crippen LogP contribution in [0.15, 0.2) is 12.2 Å². The SMILES string of the molecule is CCCOCCN1C(=O)C=CC1=O. The molecule has 0 bridgehead atoms. The van der Waals surface area contributed by atoms with E-state index < -0.39 is 0 Å². The summed E-state index contributed by atoms with van der Waals surface area (Å²) in [5.41, 5.74) is 0. The lowest BCUT2D eigenvalue weighted by Gasteiger charge is -2.12. The van der Waals surface area contributed by atoms with Gasteiger partial charge in [0, 0.05) is 18.8 Å². The van der Waals surface area contributed by atoms with Gasteiger partial charge in [-0.15, -0.1) is 0 Å². The van der Waals surface area contributed by atoms with Crippen molar-refractivity contribution in [1.29, 1.82) is 0 Å². The van der Waals surface area contributed by atoms with E-state index in [1.54, 1.807) is 0 Å². The maximum atomic E-state index is 11.0. The van der Waals surface area contributed by atoms with Crippen molar-refractivity contribution >= 4 is 11.8 Å². The van der Waals surface area contributed by atoms with E-state index in [1.165, 1.54) is 17.1 Å². The maximum Gasteiger partial charge on any atom is 0.253 e. The average Bonchev–Trinajstić information content (AvgIpc) is 2.42. The third kappa shape index (κ3) is 2.66. The van der Waals surface area contributed by atoms with Gasteiger partial charge in [0.1, 0.15) is 0 Å². The molecule has 0 fully saturated rings. The van der Waals surface area contributed by atoms with Gasteiger partial charge in [0.25, 0.3) is 11.8 Å². The number of imide groups is 1. The highest BCUT2D eigenvalue weighted by atomic mass is 16.5. The van der Waals surface area contributed by atoms with E-state index >= 15 is 0 Å². The predicted octanol–water partition coefficient (Wildman–Crippen LogP) is 0.338. The lowest BCUT2D eigenvalue weighted by atomic mass is 10.5. The molecule has 2 amide bonds. The Kier molecular flexibility index (Phi) is 3.64.